The second kappa shape index (κ2) is 14.9. The minimum atomic E-state index is -1.39. The molecule has 1 spiro atoms. The van der Waals surface area contributed by atoms with E-state index >= 15 is 4.79 Å². The van der Waals surface area contributed by atoms with E-state index in [1.165, 1.54) is 0 Å². The summed E-state index contributed by atoms with van der Waals surface area (Å²) in [6.07, 6.45) is 9.08. The van der Waals surface area contributed by atoms with Crippen LogP contribution in [0.2, 0.25) is 5.02 Å². The summed E-state index contributed by atoms with van der Waals surface area (Å²) in [5.74, 6) is -3.51. The van der Waals surface area contributed by atoms with E-state index in [1.54, 1.807) is 34.9 Å². The normalized spacial score (nSPS) is 30.8. The number of hydrogen-bond donors (Lipinski definition) is 2. The van der Waals surface area contributed by atoms with Crippen LogP contribution in [-0.2, 0) is 28.7 Å². The third-order valence-corrected chi connectivity index (χ3v) is 10.4. The molecule has 2 saturated heterocycles. The quantitative estimate of drug-likeness (QED) is 0.231. The van der Waals surface area contributed by atoms with Crippen molar-refractivity contribution in [3.05, 3.63) is 89.0 Å². The maximum absolute atomic E-state index is 15.0. The number of anilines is 1. The molecule has 10 nitrogen and oxygen atoms in total. The molecule has 3 amide bonds. The number of esters is 1. The first kappa shape index (κ1) is 34.9. The molecular weight excluding hydrogens is 646 g/mol. The summed E-state index contributed by atoms with van der Waals surface area (Å²) in [5, 5.41) is 12.7. The van der Waals surface area contributed by atoms with E-state index in [1.807, 2.05) is 61.5 Å². The number of nitrogens with zero attached hydrogens (tertiary/aromatic N) is 2. The number of unbranched alkanes of at least 4 members (excludes halogenated alkanes) is 3. The van der Waals surface area contributed by atoms with Crippen molar-refractivity contribution in [2.24, 2.45) is 11.8 Å². The summed E-state index contributed by atoms with van der Waals surface area (Å²) >= 11 is 6.75. The van der Waals surface area contributed by atoms with Gasteiger partial charge < -0.3 is 29.7 Å². The standard InChI is InChI=1S/C38H44ClN3O7/c1-24-14-13-17-27(39)32(24)41-21-11-6-9-18-29(44)40-25(2)33(26-15-7-5-8-16-26)48-37(47)30-28-19-20-38(49-28)31(30)35(45)42(34(38)36(41)46)22-10-3-4-12-23-43/h5-8,11,13-17,19-20,25,28,30-31,33-34,43H,3-4,9-10,12,18,21-23H2,1-2H3,(H,40,44)/b11-6-/t25-,28+,30-,31-,33+,34+,38-/m0/s1. The number of allylic oxidation sites excluding steroid dienone is 1. The van der Waals surface area contributed by atoms with Gasteiger partial charge in [-0.25, -0.2) is 0 Å². The highest BCUT2D eigenvalue weighted by molar-refractivity contribution is 6.34. The van der Waals surface area contributed by atoms with Gasteiger partial charge in [0.25, 0.3) is 5.91 Å². The summed E-state index contributed by atoms with van der Waals surface area (Å²) in [6.45, 7) is 4.18. The topological polar surface area (TPSA) is 125 Å². The molecular formula is C38H44ClN3O7. The van der Waals surface area contributed by atoms with Gasteiger partial charge in [-0.05, 0) is 50.3 Å². The summed E-state index contributed by atoms with van der Waals surface area (Å²) in [4.78, 5) is 60.1. The van der Waals surface area contributed by atoms with E-state index in [9.17, 15) is 19.5 Å². The van der Waals surface area contributed by atoms with Gasteiger partial charge in [-0.1, -0.05) is 91.2 Å². The van der Waals surface area contributed by atoms with Gasteiger partial charge in [-0.3, -0.25) is 19.2 Å². The Hall–Kier alpha value is -3.99. The van der Waals surface area contributed by atoms with Crippen molar-refractivity contribution in [3.63, 3.8) is 0 Å². The maximum atomic E-state index is 15.0. The second-order valence-corrected chi connectivity index (χ2v) is 13.8. The van der Waals surface area contributed by atoms with Crippen LogP contribution in [0.15, 0.2) is 72.8 Å². The van der Waals surface area contributed by atoms with Crippen LogP contribution < -0.4 is 10.2 Å². The number of likely N-dealkylation sites (tertiary alicyclic amines) is 1. The Morgan fingerprint density at radius 1 is 0.980 bits per heavy atom. The molecule has 0 aliphatic carbocycles. The Balaban J connectivity index is 1.43. The Morgan fingerprint density at radius 2 is 1.76 bits per heavy atom. The Kier molecular flexibility index (Phi) is 10.6. The van der Waals surface area contributed by atoms with Crippen LogP contribution in [0, 0.1) is 18.8 Å². The van der Waals surface area contributed by atoms with Crippen LogP contribution in [0.4, 0.5) is 5.69 Å². The lowest BCUT2D eigenvalue weighted by atomic mass is 9.74. The second-order valence-electron chi connectivity index (χ2n) is 13.4. The third kappa shape index (κ3) is 6.66. The van der Waals surface area contributed by atoms with Gasteiger partial charge in [0.1, 0.15) is 23.7 Å². The average Bonchev–Trinajstić information content (AvgIpc) is 3.73. The number of rotatable bonds is 8. The highest BCUT2D eigenvalue weighted by Gasteiger charge is 2.73. The summed E-state index contributed by atoms with van der Waals surface area (Å²) in [6, 6.07) is 13.0. The molecule has 2 aromatic rings. The number of nitrogens with one attached hydrogen (secondary N) is 1. The highest BCUT2D eigenvalue weighted by Crippen LogP contribution is 2.56. The molecule has 6 rings (SSSR count). The number of cyclic esters (lactones) is 1. The van der Waals surface area contributed by atoms with Crippen molar-refractivity contribution in [1.29, 1.82) is 0 Å². The highest BCUT2D eigenvalue weighted by atomic mass is 35.5. The van der Waals surface area contributed by atoms with Crippen LogP contribution in [0.25, 0.3) is 0 Å². The van der Waals surface area contributed by atoms with E-state index in [-0.39, 0.29) is 43.8 Å². The van der Waals surface area contributed by atoms with E-state index in [0.717, 1.165) is 18.4 Å². The molecule has 0 saturated carbocycles. The van der Waals surface area contributed by atoms with E-state index < -0.39 is 47.7 Å². The van der Waals surface area contributed by atoms with Gasteiger partial charge in [-0.2, -0.15) is 0 Å². The van der Waals surface area contributed by atoms with Gasteiger partial charge in [-0.15, -0.1) is 0 Å². The first-order valence-corrected chi connectivity index (χ1v) is 17.6. The number of carbonyl (C=O) groups excluding carboxylic acids is 4. The number of fused-ring (bicyclic) bond motifs is 2. The van der Waals surface area contributed by atoms with Crippen molar-refractivity contribution >= 4 is 41.0 Å². The van der Waals surface area contributed by atoms with Gasteiger partial charge >= 0.3 is 5.97 Å². The minimum Gasteiger partial charge on any atom is -0.455 e. The first-order valence-electron chi connectivity index (χ1n) is 17.2. The van der Waals surface area contributed by atoms with Gasteiger partial charge in [0.05, 0.1) is 28.8 Å². The molecule has 0 unspecified atom stereocenters. The fourth-order valence-corrected chi connectivity index (χ4v) is 8.15. The molecule has 11 heteroatoms. The smallest absolute Gasteiger partial charge is 0.313 e. The fraction of sp³-hybridized carbons (Fsp3) is 0.474. The zero-order chi connectivity index (χ0) is 34.7. The van der Waals surface area contributed by atoms with Crippen molar-refractivity contribution < 1.29 is 33.8 Å². The largest absolute Gasteiger partial charge is 0.455 e. The van der Waals surface area contributed by atoms with Crippen molar-refractivity contribution in [2.45, 2.75) is 82.3 Å². The lowest BCUT2D eigenvalue weighted by molar-refractivity contribution is -0.161. The number of aliphatic hydroxyl groups excluding tert-OH is 1. The van der Waals surface area contributed by atoms with Crippen molar-refractivity contribution in [2.75, 3.05) is 24.6 Å². The number of halogens is 1. The monoisotopic (exact) mass is 689 g/mol. The Morgan fingerprint density at radius 3 is 2.51 bits per heavy atom. The molecule has 4 aliphatic rings. The molecule has 4 heterocycles. The number of amides is 3. The Labute approximate surface area is 292 Å². The molecule has 5 bridgehead atoms. The van der Waals surface area contributed by atoms with Crippen LogP contribution in [0.1, 0.15) is 62.7 Å². The zero-order valence-electron chi connectivity index (χ0n) is 27.9. The van der Waals surface area contributed by atoms with Crippen LogP contribution in [0.5, 0.6) is 0 Å². The van der Waals surface area contributed by atoms with E-state index in [2.05, 4.69) is 5.32 Å². The zero-order valence-corrected chi connectivity index (χ0v) is 28.7. The Bertz CT molecular complexity index is 1610. The van der Waals surface area contributed by atoms with Crippen molar-refractivity contribution in [3.8, 4) is 0 Å². The number of carbonyl (C=O) groups is 4. The molecule has 2 N–H and O–H groups in total. The van der Waals surface area contributed by atoms with Gasteiger partial charge in [0.15, 0.2) is 0 Å². The van der Waals surface area contributed by atoms with E-state index in [4.69, 9.17) is 21.1 Å². The number of para-hydroxylation sites is 1. The molecule has 49 heavy (non-hydrogen) atoms. The molecule has 260 valence electrons. The molecule has 0 aromatic heterocycles. The van der Waals surface area contributed by atoms with Crippen LogP contribution in [-0.4, -0.2) is 77.2 Å². The first-order chi connectivity index (χ1) is 23.7. The van der Waals surface area contributed by atoms with Crippen LogP contribution in [0.3, 0.4) is 0 Å². The average molecular weight is 690 g/mol. The van der Waals surface area contributed by atoms with Gasteiger partial charge in [0.2, 0.25) is 11.8 Å². The number of benzene rings is 2. The lowest BCUT2D eigenvalue weighted by Gasteiger charge is -2.36. The maximum Gasteiger partial charge on any atom is 0.313 e. The molecule has 7 atom stereocenters. The van der Waals surface area contributed by atoms with Crippen LogP contribution >= 0.6 is 11.6 Å². The predicted octanol–water partition coefficient (Wildman–Crippen LogP) is 4.82. The van der Waals surface area contributed by atoms with E-state index in [0.29, 0.717) is 35.5 Å². The molecule has 2 aromatic carbocycles. The van der Waals surface area contributed by atoms with Gasteiger partial charge in [0, 0.05) is 26.1 Å². The summed E-state index contributed by atoms with van der Waals surface area (Å²) < 4.78 is 12.8. The summed E-state index contributed by atoms with van der Waals surface area (Å²) in [7, 11) is 0. The lowest BCUT2D eigenvalue weighted by Crippen LogP contribution is -2.56. The number of aliphatic hydroxyl groups is 1. The number of hydrogen-bond acceptors (Lipinski definition) is 7. The summed E-state index contributed by atoms with van der Waals surface area (Å²) in [5.41, 5.74) is 0.623. The number of ether oxygens (including phenoxy) is 2. The number of aryl methyl sites for hydroxylation is 1. The molecule has 2 fully saturated rings. The third-order valence-electron chi connectivity index (χ3n) is 10.1. The van der Waals surface area contributed by atoms with Crippen molar-refractivity contribution in [1.82, 2.24) is 10.2 Å². The fourth-order valence-electron chi connectivity index (χ4n) is 7.83. The SMILES string of the molecule is Cc1cccc(Cl)c1N1C/C=C\CCC(=O)N[C@@H](C)[C@H](c2ccccc2)OC(=O)[C@@H]2[C@H]3C(=O)N(CCCCCCO)[C@H](C1=O)[C@]31C=C[C@H]2O1. The minimum absolute atomic E-state index is 0.0880. The molecule has 0 radical (unpaired) electrons. The predicted molar refractivity (Wildman–Crippen MR) is 185 cm³/mol. The molecule has 4 aliphatic heterocycles.